The maximum absolute atomic E-state index is 12.5. The molecule has 1 atom stereocenters. The SMILES string of the molecule is O=C(CCc1ccccc1)N1CCC(n2cc(COc3ccncc3)nn2)C1. The van der Waals surface area contributed by atoms with Crippen molar-refractivity contribution in [3.05, 3.63) is 72.3 Å². The quantitative estimate of drug-likeness (QED) is 0.633. The molecule has 4 rings (SSSR count). The van der Waals surface area contributed by atoms with Crippen molar-refractivity contribution in [1.82, 2.24) is 24.9 Å². The minimum atomic E-state index is 0.169. The summed E-state index contributed by atoms with van der Waals surface area (Å²) in [6, 6.07) is 13.9. The van der Waals surface area contributed by atoms with Gasteiger partial charge >= 0.3 is 0 Å². The Morgan fingerprint density at radius 2 is 1.96 bits per heavy atom. The highest BCUT2D eigenvalue weighted by Gasteiger charge is 2.28. The van der Waals surface area contributed by atoms with E-state index in [-0.39, 0.29) is 11.9 Å². The zero-order valence-electron chi connectivity index (χ0n) is 15.6. The summed E-state index contributed by atoms with van der Waals surface area (Å²) in [6.45, 7) is 1.80. The third-order valence-corrected chi connectivity index (χ3v) is 4.95. The molecule has 0 radical (unpaired) electrons. The molecule has 7 nitrogen and oxygen atoms in total. The third-order valence-electron chi connectivity index (χ3n) is 4.95. The van der Waals surface area contributed by atoms with Crippen molar-refractivity contribution in [2.24, 2.45) is 0 Å². The van der Waals surface area contributed by atoms with Gasteiger partial charge in [0.2, 0.25) is 5.91 Å². The van der Waals surface area contributed by atoms with E-state index in [1.54, 1.807) is 24.5 Å². The monoisotopic (exact) mass is 377 g/mol. The van der Waals surface area contributed by atoms with Gasteiger partial charge < -0.3 is 9.64 Å². The number of carbonyl (C=O) groups excluding carboxylic acids is 1. The van der Waals surface area contributed by atoms with Crippen LogP contribution in [-0.4, -0.2) is 43.9 Å². The van der Waals surface area contributed by atoms with Crippen LogP contribution >= 0.6 is 0 Å². The van der Waals surface area contributed by atoms with Crippen molar-refractivity contribution in [1.29, 1.82) is 0 Å². The molecular formula is C21H23N5O2. The third kappa shape index (κ3) is 4.54. The van der Waals surface area contributed by atoms with E-state index < -0.39 is 0 Å². The standard InChI is InChI=1S/C21H23N5O2/c27-21(7-6-17-4-2-1-3-5-17)25-13-10-19(15-25)26-14-18(23-24-26)16-28-20-8-11-22-12-9-20/h1-5,8-9,11-12,14,19H,6-7,10,13,15-16H2. The molecule has 1 amide bonds. The minimum absolute atomic E-state index is 0.169. The van der Waals surface area contributed by atoms with Crippen molar-refractivity contribution in [2.75, 3.05) is 13.1 Å². The maximum Gasteiger partial charge on any atom is 0.222 e. The smallest absolute Gasteiger partial charge is 0.222 e. The predicted octanol–water partition coefficient (Wildman–Crippen LogP) is 2.66. The Balaban J connectivity index is 1.27. The van der Waals surface area contributed by atoms with Gasteiger partial charge in [-0.15, -0.1) is 5.10 Å². The van der Waals surface area contributed by atoms with Crippen molar-refractivity contribution in [2.45, 2.75) is 31.9 Å². The van der Waals surface area contributed by atoms with Crippen LogP contribution in [0.25, 0.3) is 0 Å². The highest BCUT2D eigenvalue weighted by molar-refractivity contribution is 5.76. The first-order valence-corrected chi connectivity index (χ1v) is 9.53. The van der Waals surface area contributed by atoms with Crippen LogP contribution in [0.3, 0.4) is 0 Å². The summed E-state index contributed by atoms with van der Waals surface area (Å²) in [5, 5.41) is 8.42. The lowest BCUT2D eigenvalue weighted by atomic mass is 10.1. The van der Waals surface area contributed by atoms with E-state index in [1.807, 2.05) is 34.0 Å². The molecule has 1 saturated heterocycles. The number of aromatic nitrogens is 4. The van der Waals surface area contributed by atoms with Crippen LogP contribution in [-0.2, 0) is 17.8 Å². The molecule has 2 aromatic heterocycles. The van der Waals surface area contributed by atoms with Crippen molar-refractivity contribution >= 4 is 5.91 Å². The number of amides is 1. The fraction of sp³-hybridized carbons (Fsp3) is 0.333. The van der Waals surface area contributed by atoms with Gasteiger partial charge in [-0.25, -0.2) is 4.68 Å². The number of aryl methyl sites for hydroxylation is 1. The Morgan fingerprint density at radius 1 is 1.14 bits per heavy atom. The number of ether oxygens (including phenoxy) is 1. The first kappa shape index (κ1) is 18.2. The van der Waals surface area contributed by atoms with Crippen molar-refractivity contribution in [3.63, 3.8) is 0 Å². The van der Waals surface area contributed by atoms with Gasteiger partial charge in [0.05, 0.1) is 12.2 Å². The summed E-state index contributed by atoms with van der Waals surface area (Å²) in [5.41, 5.74) is 1.97. The van der Waals surface area contributed by atoms with Crippen LogP contribution < -0.4 is 4.74 Å². The lowest BCUT2D eigenvalue weighted by Crippen LogP contribution is -2.29. The average Bonchev–Trinajstić information content (AvgIpc) is 3.42. The normalized spacial score (nSPS) is 16.3. The van der Waals surface area contributed by atoms with Gasteiger partial charge in [-0.1, -0.05) is 35.5 Å². The number of carbonyl (C=O) groups is 1. The zero-order valence-corrected chi connectivity index (χ0v) is 15.6. The van der Waals surface area contributed by atoms with Crippen LogP contribution in [0.4, 0.5) is 0 Å². The van der Waals surface area contributed by atoms with Gasteiger partial charge in [-0.3, -0.25) is 9.78 Å². The number of hydrogen-bond acceptors (Lipinski definition) is 5. The summed E-state index contributed by atoms with van der Waals surface area (Å²) < 4.78 is 7.54. The van der Waals surface area contributed by atoms with Crippen molar-refractivity contribution < 1.29 is 9.53 Å². The van der Waals surface area contributed by atoms with Crippen LogP contribution in [0, 0.1) is 0 Å². The molecule has 0 bridgehead atoms. The van der Waals surface area contributed by atoms with Crippen LogP contribution in [0.2, 0.25) is 0 Å². The molecule has 3 heterocycles. The van der Waals surface area contributed by atoms with Crippen LogP contribution in [0.5, 0.6) is 5.75 Å². The van der Waals surface area contributed by atoms with Gasteiger partial charge in [0.15, 0.2) is 0 Å². The summed E-state index contributed by atoms with van der Waals surface area (Å²) in [4.78, 5) is 18.4. The Bertz CT molecular complexity index is 897. The number of pyridine rings is 1. The van der Waals surface area contributed by atoms with Gasteiger partial charge in [0.1, 0.15) is 18.1 Å². The first-order valence-electron chi connectivity index (χ1n) is 9.53. The zero-order chi connectivity index (χ0) is 19.2. The van der Waals surface area contributed by atoms with E-state index in [4.69, 9.17) is 4.74 Å². The lowest BCUT2D eigenvalue weighted by Gasteiger charge is -2.16. The molecule has 0 aliphatic carbocycles. The molecule has 1 aromatic carbocycles. The summed E-state index contributed by atoms with van der Waals surface area (Å²) in [7, 11) is 0. The van der Waals surface area contributed by atoms with E-state index >= 15 is 0 Å². The molecular weight excluding hydrogens is 354 g/mol. The van der Waals surface area contributed by atoms with E-state index in [9.17, 15) is 4.79 Å². The average molecular weight is 377 g/mol. The first-order chi connectivity index (χ1) is 13.8. The number of hydrogen-bond donors (Lipinski definition) is 0. The second-order valence-electron chi connectivity index (χ2n) is 6.93. The molecule has 1 fully saturated rings. The van der Waals surface area contributed by atoms with E-state index in [1.165, 1.54) is 5.56 Å². The molecule has 0 N–H and O–H groups in total. The van der Waals surface area contributed by atoms with Gasteiger partial charge in [-0.05, 0) is 30.5 Å². The fourth-order valence-electron chi connectivity index (χ4n) is 3.39. The van der Waals surface area contributed by atoms with E-state index in [0.29, 0.717) is 19.6 Å². The summed E-state index contributed by atoms with van der Waals surface area (Å²) in [5.74, 6) is 0.952. The number of rotatable bonds is 7. The fourth-order valence-corrected chi connectivity index (χ4v) is 3.39. The van der Waals surface area contributed by atoms with Crippen LogP contribution in [0.15, 0.2) is 61.1 Å². The topological polar surface area (TPSA) is 73.1 Å². The minimum Gasteiger partial charge on any atom is -0.487 e. The second kappa shape index (κ2) is 8.65. The van der Waals surface area contributed by atoms with E-state index in [0.717, 1.165) is 30.8 Å². The van der Waals surface area contributed by atoms with E-state index in [2.05, 4.69) is 27.4 Å². The molecule has 1 aliphatic heterocycles. The largest absolute Gasteiger partial charge is 0.487 e. The second-order valence-corrected chi connectivity index (χ2v) is 6.93. The number of likely N-dealkylation sites (tertiary alicyclic amines) is 1. The van der Waals surface area contributed by atoms with Gasteiger partial charge in [-0.2, -0.15) is 0 Å². The Hall–Kier alpha value is -3.22. The molecule has 1 unspecified atom stereocenters. The van der Waals surface area contributed by atoms with Crippen molar-refractivity contribution in [3.8, 4) is 5.75 Å². The highest BCUT2D eigenvalue weighted by atomic mass is 16.5. The van der Waals surface area contributed by atoms with Gasteiger partial charge in [0, 0.05) is 31.9 Å². The predicted molar refractivity (Wildman–Crippen MR) is 104 cm³/mol. The Morgan fingerprint density at radius 3 is 2.79 bits per heavy atom. The summed E-state index contributed by atoms with van der Waals surface area (Å²) >= 11 is 0. The number of nitrogens with zero attached hydrogens (tertiary/aromatic N) is 5. The lowest BCUT2D eigenvalue weighted by molar-refractivity contribution is -0.130. The number of benzene rings is 1. The summed E-state index contributed by atoms with van der Waals surface area (Å²) in [6.07, 6.45) is 7.50. The molecule has 28 heavy (non-hydrogen) atoms. The highest BCUT2D eigenvalue weighted by Crippen LogP contribution is 2.22. The Kier molecular flexibility index (Phi) is 5.61. The van der Waals surface area contributed by atoms with Crippen LogP contribution in [0.1, 0.15) is 30.1 Å². The van der Waals surface area contributed by atoms with Gasteiger partial charge in [0.25, 0.3) is 0 Å². The maximum atomic E-state index is 12.5. The molecule has 0 saturated carbocycles. The molecule has 7 heteroatoms. The molecule has 144 valence electrons. The molecule has 3 aromatic rings. The molecule has 1 aliphatic rings. The Labute approximate surface area is 164 Å². The molecule has 0 spiro atoms.